The van der Waals surface area contributed by atoms with Crippen molar-refractivity contribution in [3.05, 3.63) is 53.5 Å². The zero-order chi connectivity index (χ0) is 17.0. The maximum Gasteiger partial charge on any atom is 0.275 e. The van der Waals surface area contributed by atoms with Crippen molar-refractivity contribution in [2.45, 2.75) is 25.1 Å². The summed E-state index contributed by atoms with van der Waals surface area (Å²) in [5, 5.41) is -0.0701. The number of hydrogen-bond acceptors (Lipinski definition) is 4. The van der Waals surface area contributed by atoms with Crippen molar-refractivity contribution in [3.63, 3.8) is 0 Å². The minimum Gasteiger partial charge on any atom is -0.447 e. The largest absolute Gasteiger partial charge is 0.447 e. The molecule has 0 amide bonds. The highest BCUT2D eigenvalue weighted by molar-refractivity contribution is 7.88. The lowest BCUT2D eigenvalue weighted by atomic mass is 10.2. The normalized spacial score (nSPS) is 12.3. The summed E-state index contributed by atoms with van der Waals surface area (Å²) in [7, 11) is -0.648. The Morgan fingerprint density at radius 2 is 1.87 bits per heavy atom. The van der Waals surface area contributed by atoms with E-state index >= 15 is 0 Å². The molecule has 0 aliphatic rings. The first-order chi connectivity index (χ1) is 10.8. The first-order valence-corrected chi connectivity index (χ1v) is 8.75. The van der Waals surface area contributed by atoms with Gasteiger partial charge in [-0.2, -0.15) is 0 Å². The first kappa shape index (κ1) is 17.7. The van der Waals surface area contributed by atoms with Gasteiger partial charge in [-0.1, -0.05) is 19.1 Å². The Bertz CT molecular complexity index is 756. The van der Waals surface area contributed by atoms with Gasteiger partial charge in [-0.3, -0.25) is 4.90 Å². The van der Waals surface area contributed by atoms with Gasteiger partial charge in [0, 0.05) is 20.6 Å². The van der Waals surface area contributed by atoms with E-state index in [1.54, 1.807) is 12.1 Å². The van der Waals surface area contributed by atoms with Crippen LogP contribution in [0.2, 0.25) is 0 Å². The maximum absolute atomic E-state index is 13.3. The molecule has 23 heavy (non-hydrogen) atoms. The van der Waals surface area contributed by atoms with E-state index in [2.05, 4.69) is 0 Å². The van der Waals surface area contributed by atoms with Gasteiger partial charge in [0.05, 0.1) is 6.54 Å². The van der Waals surface area contributed by atoms with Crippen LogP contribution in [0, 0.1) is 5.82 Å². The second-order valence-electron chi connectivity index (χ2n) is 5.44. The molecule has 5 nitrogen and oxygen atoms in total. The highest BCUT2D eigenvalue weighted by Crippen LogP contribution is 2.19. The molecule has 1 aromatic heterocycles. The number of hydrogen-bond donors (Lipinski definition) is 0. The van der Waals surface area contributed by atoms with Crippen LogP contribution >= 0.6 is 0 Å². The van der Waals surface area contributed by atoms with Gasteiger partial charge in [-0.25, -0.2) is 17.1 Å². The molecule has 126 valence electrons. The first-order valence-electron chi connectivity index (χ1n) is 7.31. The quantitative estimate of drug-likeness (QED) is 0.778. The smallest absolute Gasteiger partial charge is 0.275 e. The predicted octanol–water partition coefficient (Wildman–Crippen LogP) is 2.69. The summed E-state index contributed by atoms with van der Waals surface area (Å²) in [5.41, 5.74) is 0.861. The van der Waals surface area contributed by atoms with Gasteiger partial charge in [0.25, 0.3) is 10.0 Å². The summed E-state index contributed by atoms with van der Waals surface area (Å²) in [5.74, 6) is 0.291. The predicted molar refractivity (Wildman–Crippen MR) is 85.8 cm³/mol. The Kier molecular flexibility index (Phi) is 5.56. The van der Waals surface area contributed by atoms with Crippen LogP contribution in [0.15, 0.2) is 45.9 Å². The van der Waals surface area contributed by atoms with Crippen LogP contribution in [0.4, 0.5) is 4.39 Å². The minimum absolute atomic E-state index is 0.0701. The average Bonchev–Trinajstić information content (AvgIpc) is 2.95. The maximum atomic E-state index is 13.3. The van der Waals surface area contributed by atoms with E-state index in [4.69, 9.17) is 4.42 Å². The highest BCUT2D eigenvalue weighted by Gasteiger charge is 2.22. The van der Waals surface area contributed by atoms with Crippen LogP contribution in [0.1, 0.15) is 18.2 Å². The lowest BCUT2D eigenvalue weighted by molar-refractivity contribution is 0.238. The lowest BCUT2D eigenvalue weighted by Crippen LogP contribution is -2.22. The minimum atomic E-state index is -3.56. The topological polar surface area (TPSA) is 53.8 Å². The van der Waals surface area contributed by atoms with Crippen LogP contribution in [0.25, 0.3) is 0 Å². The summed E-state index contributed by atoms with van der Waals surface area (Å²) >= 11 is 0. The fourth-order valence-corrected chi connectivity index (χ4v) is 2.97. The Morgan fingerprint density at radius 1 is 1.13 bits per heavy atom. The summed E-state index contributed by atoms with van der Waals surface area (Å²) < 4.78 is 43.8. The van der Waals surface area contributed by atoms with Crippen LogP contribution in [0.5, 0.6) is 0 Å². The van der Waals surface area contributed by atoms with E-state index in [9.17, 15) is 12.8 Å². The second-order valence-corrected chi connectivity index (χ2v) is 7.52. The third kappa shape index (κ3) is 4.40. The SMILES string of the molecule is CCN(Cc1cccc(F)c1)Cc1ccc(S(=O)(=O)N(C)C)o1. The molecule has 1 aromatic carbocycles. The Labute approximate surface area is 136 Å². The van der Waals surface area contributed by atoms with Crippen molar-refractivity contribution < 1.29 is 17.2 Å². The molecular weight excluding hydrogens is 319 g/mol. The third-order valence-corrected chi connectivity index (χ3v) is 5.18. The van der Waals surface area contributed by atoms with Gasteiger partial charge in [0.1, 0.15) is 11.6 Å². The van der Waals surface area contributed by atoms with Gasteiger partial charge in [-0.15, -0.1) is 0 Å². The summed E-state index contributed by atoms with van der Waals surface area (Å²) in [4.78, 5) is 2.04. The van der Waals surface area contributed by atoms with Gasteiger partial charge in [-0.05, 0) is 36.4 Å². The number of sulfonamides is 1. The van der Waals surface area contributed by atoms with E-state index in [1.807, 2.05) is 17.9 Å². The third-order valence-electron chi connectivity index (χ3n) is 3.49. The molecule has 2 aromatic rings. The Balaban J connectivity index is 2.09. The Morgan fingerprint density at radius 3 is 2.48 bits per heavy atom. The van der Waals surface area contributed by atoms with Crippen molar-refractivity contribution in [2.75, 3.05) is 20.6 Å². The number of benzene rings is 1. The van der Waals surface area contributed by atoms with Crippen molar-refractivity contribution in [3.8, 4) is 0 Å². The van der Waals surface area contributed by atoms with Crippen LogP contribution in [-0.2, 0) is 23.1 Å². The van der Waals surface area contributed by atoms with Gasteiger partial charge in [0.2, 0.25) is 5.09 Å². The molecule has 1 heterocycles. The number of nitrogens with zero attached hydrogens (tertiary/aromatic N) is 2. The lowest BCUT2D eigenvalue weighted by Gasteiger charge is -2.19. The van der Waals surface area contributed by atoms with E-state index in [0.717, 1.165) is 16.4 Å². The zero-order valence-corrected chi connectivity index (χ0v) is 14.3. The summed E-state index contributed by atoms with van der Waals surface area (Å²) in [6.45, 7) is 3.73. The van der Waals surface area contributed by atoms with Crippen molar-refractivity contribution in [1.82, 2.24) is 9.21 Å². The van der Waals surface area contributed by atoms with E-state index in [-0.39, 0.29) is 10.9 Å². The van der Waals surface area contributed by atoms with Gasteiger partial charge in [0.15, 0.2) is 0 Å². The Hall–Kier alpha value is -1.70. The fraction of sp³-hybridized carbons (Fsp3) is 0.375. The van der Waals surface area contributed by atoms with Gasteiger partial charge >= 0.3 is 0 Å². The molecule has 0 radical (unpaired) electrons. The molecule has 0 saturated carbocycles. The standard InChI is InChI=1S/C16H21FN2O3S/c1-4-19(11-13-6-5-7-14(17)10-13)12-15-8-9-16(22-15)23(20,21)18(2)3/h5-10H,4,11-12H2,1-3H3. The molecule has 0 bridgehead atoms. The van der Waals surface area contributed by atoms with Crippen molar-refractivity contribution >= 4 is 10.0 Å². The van der Waals surface area contributed by atoms with Gasteiger partial charge < -0.3 is 4.42 Å². The van der Waals surface area contributed by atoms with E-state index < -0.39 is 10.0 Å². The van der Waals surface area contributed by atoms with Crippen LogP contribution in [-0.4, -0.2) is 38.3 Å². The summed E-state index contributed by atoms with van der Waals surface area (Å²) in [6, 6.07) is 9.55. The van der Waals surface area contributed by atoms with Crippen LogP contribution in [0.3, 0.4) is 0 Å². The van der Waals surface area contributed by atoms with E-state index in [1.165, 1.54) is 32.3 Å². The molecule has 0 N–H and O–H groups in total. The molecule has 0 unspecified atom stereocenters. The monoisotopic (exact) mass is 340 g/mol. The summed E-state index contributed by atoms with van der Waals surface area (Å²) in [6.07, 6.45) is 0. The number of rotatable bonds is 7. The van der Waals surface area contributed by atoms with Crippen molar-refractivity contribution in [1.29, 1.82) is 0 Å². The molecule has 0 aliphatic heterocycles. The average molecular weight is 340 g/mol. The highest BCUT2D eigenvalue weighted by atomic mass is 32.2. The molecule has 0 atom stereocenters. The molecule has 0 aliphatic carbocycles. The fourth-order valence-electron chi connectivity index (χ4n) is 2.16. The molecule has 2 rings (SSSR count). The number of halogens is 1. The van der Waals surface area contributed by atoms with Crippen molar-refractivity contribution in [2.24, 2.45) is 0 Å². The molecular formula is C16H21FN2O3S. The number of furan rings is 1. The molecule has 0 saturated heterocycles. The second kappa shape index (κ2) is 7.25. The molecule has 0 spiro atoms. The molecule has 7 heteroatoms. The zero-order valence-electron chi connectivity index (χ0n) is 13.5. The van der Waals surface area contributed by atoms with E-state index in [0.29, 0.717) is 18.8 Å². The van der Waals surface area contributed by atoms with Crippen LogP contribution < -0.4 is 0 Å². The molecule has 0 fully saturated rings.